The molecule has 2 aliphatic rings. The third-order valence-electron chi connectivity index (χ3n) is 7.52. The Balaban J connectivity index is 1.43. The summed E-state index contributed by atoms with van der Waals surface area (Å²) in [5.41, 5.74) is 16.0. The maximum absolute atomic E-state index is 15.3. The number of hydrogen-bond donors (Lipinski definition) is 2. The summed E-state index contributed by atoms with van der Waals surface area (Å²) in [4.78, 5) is 0. The molecule has 0 saturated heterocycles. The molecule has 0 radical (unpaired) electrons. The number of rotatable bonds is 4. The van der Waals surface area contributed by atoms with Gasteiger partial charge in [0.25, 0.3) is 7.37 Å². The van der Waals surface area contributed by atoms with E-state index in [1.807, 2.05) is 66.7 Å². The van der Waals surface area contributed by atoms with Crippen LogP contribution in [-0.4, -0.2) is 0 Å². The van der Waals surface area contributed by atoms with Crippen LogP contribution in [0.15, 0.2) is 91.0 Å². The van der Waals surface area contributed by atoms with Gasteiger partial charge in [-0.15, -0.1) is 0 Å². The molecule has 1 aliphatic carbocycles. The minimum absolute atomic E-state index is 0.484. The molecule has 0 spiro atoms. The van der Waals surface area contributed by atoms with E-state index < -0.39 is 12.5 Å². The van der Waals surface area contributed by atoms with Crippen molar-refractivity contribution in [3.05, 3.63) is 96.6 Å². The smallest absolute Gasteiger partial charge is 0.288 e. The van der Waals surface area contributed by atoms with E-state index >= 15 is 4.57 Å². The Hall–Kier alpha value is -3.69. The summed E-state index contributed by atoms with van der Waals surface area (Å²) in [6.45, 7) is 0. The van der Waals surface area contributed by atoms with E-state index in [4.69, 9.17) is 20.7 Å². The van der Waals surface area contributed by atoms with Crippen LogP contribution in [0.25, 0.3) is 11.1 Å². The highest BCUT2D eigenvalue weighted by atomic mass is 31.2. The van der Waals surface area contributed by atoms with Gasteiger partial charge in [0.2, 0.25) is 0 Å². The van der Waals surface area contributed by atoms with E-state index in [1.165, 1.54) is 0 Å². The Labute approximate surface area is 211 Å². The molecule has 4 N–H and O–H groups in total. The fraction of sp³-hybridized carbons (Fsp3) is 0.200. The Kier molecular flexibility index (Phi) is 5.54. The average Bonchev–Trinajstić information content (AvgIpc) is 2.91. The molecule has 0 aromatic heterocycles. The number of ether oxygens (including phenoxy) is 1. The van der Waals surface area contributed by atoms with Crippen molar-refractivity contribution >= 4 is 24.0 Å². The zero-order valence-corrected chi connectivity index (χ0v) is 20.9. The van der Waals surface area contributed by atoms with Crippen molar-refractivity contribution in [2.45, 2.75) is 37.3 Å². The molecule has 0 bridgehead atoms. The Morgan fingerprint density at radius 2 is 1.47 bits per heavy atom. The topological polar surface area (TPSA) is 87.6 Å². The van der Waals surface area contributed by atoms with Crippen LogP contribution in [0.5, 0.6) is 17.2 Å². The highest BCUT2D eigenvalue weighted by Crippen LogP contribution is 2.71. The van der Waals surface area contributed by atoms with Gasteiger partial charge in [0.15, 0.2) is 0 Å². The van der Waals surface area contributed by atoms with Gasteiger partial charge in [-0.25, -0.2) is 0 Å². The van der Waals surface area contributed by atoms with Gasteiger partial charge < -0.3 is 20.7 Å². The second-order valence-electron chi connectivity index (χ2n) is 9.67. The molecule has 6 heteroatoms. The monoisotopic (exact) mass is 496 g/mol. The van der Waals surface area contributed by atoms with Gasteiger partial charge in [-0.3, -0.25) is 4.57 Å². The number of nitrogen functional groups attached to an aromatic ring is 2. The van der Waals surface area contributed by atoms with E-state index in [0.717, 1.165) is 54.1 Å². The van der Waals surface area contributed by atoms with E-state index in [0.29, 0.717) is 28.6 Å². The highest BCUT2D eigenvalue weighted by Gasteiger charge is 2.55. The molecule has 1 fully saturated rings. The molecule has 182 valence electrons. The molecule has 4 aromatic carbocycles. The van der Waals surface area contributed by atoms with Crippen LogP contribution in [-0.2, 0) is 9.72 Å². The van der Waals surface area contributed by atoms with E-state index in [-0.39, 0.29) is 0 Å². The number of nitrogens with two attached hydrogens (primary N) is 2. The van der Waals surface area contributed by atoms with Crippen LogP contribution in [0.2, 0.25) is 0 Å². The molecule has 1 saturated carbocycles. The Morgan fingerprint density at radius 3 is 2.22 bits per heavy atom. The number of para-hydroxylation sites is 1. The molecule has 4 aromatic rings. The van der Waals surface area contributed by atoms with Crippen molar-refractivity contribution in [2.24, 2.45) is 0 Å². The van der Waals surface area contributed by atoms with Gasteiger partial charge in [-0.05, 0) is 66.4 Å². The lowest BCUT2D eigenvalue weighted by Crippen LogP contribution is -2.37. The summed E-state index contributed by atoms with van der Waals surface area (Å²) < 4.78 is 27.9. The summed E-state index contributed by atoms with van der Waals surface area (Å²) >= 11 is 0. The third kappa shape index (κ3) is 3.58. The predicted octanol–water partition coefficient (Wildman–Crippen LogP) is 7.47. The lowest BCUT2D eigenvalue weighted by Gasteiger charge is -2.45. The zero-order chi connectivity index (χ0) is 24.8. The van der Waals surface area contributed by atoms with Crippen LogP contribution in [0.1, 0.15) is 37.7 Å². The van der Waals surface area contributed by atoms with Crippen LogP contribution in [0, 0.1) is 0 Å². The highest BCUT2D eigenvalue weighted by molar-refractivity contribution is 7.69. The van der Waals surface area contributed by atoms with E-state index in [9.17, 15) is 0 Å². The third-order valence-corrected chi connectivity index (χ3v) is 10.8. The summed E-state index contributed by atoms with van der Waals surface area (Å²) in [6, 6.07) is 29.1. The molecular formula is C30H29N2O3P. The molecule has 36 heavy (non-hydrogen) atoms. The predicted molar refractivity (Wildman–Crippen MR) is 146 cm³/mol. The van der Waals surface area contributed by atoms with Crippen molar-refractivity contribution in [1.82, 2.24) is 0 Å². The molecule has 1 atom stereocenters. The number of anilines is 2. The molecular weight excluding hydrogens is 467 g/mol. The van der Waals surface area contributed by atoms with Gasteiger partial charge in [-0.1, -0.05) is 67.8 Å². The molecule has 5 nitrogen and oxygen atoms in total. The summed E-state index contributed by atoms with van der Waals surface area (Å²) in [5, 5.41) is 0.216. The first-order valence-electron chi connectivity index (χ1n) is 12.4. The first-order chi connectivity index (χ1) is 17.5. The Bertz CT molecular complexity index is 1480. The average molecular weight is 497 g/mol. The minimum Gasteiger partial charge on any atom is -0.455 e. The van der Waals surface area contributed by atoms with Crippen molar-refractivity contribution in [2.75, 3.05) is 11.5 Å². The maximum Gasteiger partial charge on any atom is 0.288 e. The van der Waals surface area contributed by atoms with Crippen molar-refractivity contribution in [3.8, 4) is 28.4 Å². The largest absolute Gasteiger partial charge is 0.455 e. The van der Waals surface area contributed by atoms with Gasteiger partial charge >= 0.3 is 0 Å². The minimum atomic E-state index is -3.33. The molecule has 1 aliphatic heterocycles. The summed E-state index contributed by atoms with van der Waals surface area (Å²) in [7, 11) is -3.33. The SMILES string of the molecule is Nc1ccc(Oc2ccc(C3(P4(=O)Oc5ccccc5-c5ccccc54)CCCCC3)cc2)c(N)c1. The first kappa shape index (κ1) is 22.8. The molecule has 1 unspecified atom stereocenters. The van der Waals surface area contributed by atoms with Crippen LogP contribution >= 0.6 is 7.37 Å². The Morgan fingerprint density at radius 1 is 0.778 bits per heavy atom. The lowest BCUT2D eigenvalue weighted by atomic mass is 9.83. The molecule has 0 amide bonds. The number of hydrogen-bond acceptors (Lipinski definition) is 5. The van der Waals surface area contributed by atoms with Gasteiger partial charge in [0.05, 0.1) is 16.1 Å². The zero-order valence-electron chi connectivity index (χ0n) is 20.0. The van der Waals surface area contributed by atoms with Gasteiger partial charge in [0.1, 0.15) is 17.2 Å². The van der Waals surface area contributed by atoms with Gasteiger partial charge in [0, 0.05) is 11.3 Å². The normalized spacial score (nSPS) is 20.0. The molecule has 6 rings (SSSR count). The first-order valence-corrected chi connectivity index (χ1v) is 14.0. The summed E-state index contributed by atoms with van der Waals surface area (Å²) in [5.74, 6) is 1.91. The van der Waals surface area contributed by atoms with E-state index in [1.54, 1.807) is 18.2 Å². The lowest BCUT2D eigenvalue weighted by molar-refractivity contribution is 0.349. The standard InChI is InChI=1S/C30H29N2O3P/c31-22-14-17-28(26(32)20-22)34-23-15-12-21(13-16-23)30(18-6-1-7-19-30)36(33)29-11-5-3-9-25(29)24-8-2-4-10-27(24)35-36/h2-5,8-17,20H,1,6-7,18-19,31-32H2. The second-order valence-corrected chi connectivity index (χ2v) is 12.3. The fourth-order valence-electron chi connectivity index (χ4n) is 5.74. The number of benzene rings is 4. The second kappa shape index (κ2) is 8.76. The van der Waals surface area contributed by atoms with Crippen molar-refractivity contribution in [1.29, 1.82) is 0 Å². The van der Waals surface area contributed by atoms with Crippen LogP contribution in [0.4, 0.5) is 11.4 Å². The molecule has 1 heterocycles. The fourth-order valence-corrected chi connectivity index (χ4v) is 9.10. The van der Waals surface area contributed by atoms with Crippen molar-refractivity contribution in [3.63, 3.8) is 0 Å². The van der Waals surface area contributed by atoms with Crippen LogP contribution in [0.3, 0.4) is 0 Å². The summed E-state index contributed by atoms with van der Waals surface area (Å²) in [6.07, 6.45) is 4.78. The maximum atomic E-state index is 15.3. The van der Waals surface area contributed by atoms with Crippen molar-refractivity contribution < 1.29 is 13.8 Å². The quantitative estimate of drug-likeness (QED) is 0.226. The van der Waals surface area contributed by atoms with Crippen LogP contribution < -0.4 is 26.0 Å². The van der Waals surface area contributed by atoms with E-state index in [2.05, 4.69) is 6.07 Å². The number of fused-ring (bicyclic) bond motifs is 3. The van der Waals surface area contributed by atoms with Gasteiger partial charge in [-0.2, -0.15) is 0 Å².